The fraction of sp³-hybridized carbons (Fsp3) is 0.120. The molecule has 3 nitrogen and oxygen atoms in total. The molecule has 0 unspecified atom stereocenters. The van der Waals surface area contributed by atoms with E-state index in [1.54, 1.807) is 18.4 Å². The molecule has 32 heavy (non-hydrogen) atoms. The number of ether oxygens (including phenoxy) is 1. The monoisotopic (exact) mass is 455 g/mol. The highest BCUT2D eigenvalue weighted by molar-refractivity contribution is 7.99. The van der Waals surface area contributed by atoms with Gasteiger partial charge in [-0.1, -0.05) is 48.3 Å². The van der Waals surface area contributed by atoms with Crippen LogP contribution in [-0.4, -0.2) is 11.4 Å². The van der Waals surface area contributed by atoms with Gasteiger partial charge in [0.2, 0.25) is 0 Å². The summed E-state index contributed by atoms with van der Waals surface area (Å²) in [7, 11) is 0. The van der Waals surface area contributed by atoms with Gasteiger partial charge in [0.05, 0.1) is 11.3 Å². The van der Waals surface area contributed by atoms with Crippen LogP contribution >= 0.6 is 11.9 Å². The molecule has 0 aliphatic carbocycles. The molecule has 0 saturated carbocycles. The van der Waals surface area contributed by atoms with Crippen molar-refractivity contribution in [1.82, 2.24) is 0 Å². The summed E-state index contributed by atoms with van der Waals surface area (Å²) in [6.45, 7) is 1.91. The lowest BCUT2D eigenvalue weighted by Gasteiger charge is -2.19. The second kappa shape index (κ2) is 8.67. The molecule has 0 saturated heterocycles. The third kappa shape index (κ3) is 4.34. The first kappa shape index (κ1) is 21.9. The fourth-order valence-electron chi connectivity index (χ4n) is 3.70. The Balaban J connectivity index is 1.92. The van der Waals surface area contributed by atoms with Crippen LogP contribution in [0.4, 0.5) is 18.9 Å². The molecule has 0 radical (unpaired) electrons. The van der Waals surface area contributed by atoms with Crippen molar-refractivity contribution in [2.45, 2.75) is 13.1 Å². The van der Waals surface area contributed by atoms with Crippen molar-refractivity contribution in [3.63, 3.8) is 0 Å². The quantitative estimate of drug-likeness (QED) is 0.299. The van der Waals surface area contributed by atoms with Gasteiger partial charge in [0.25, 0.3) is 0 Å². The van der Waals surface area contributed by atoms with Gasteiger partial charge in [0.1, 0.15) is 17.2 Å². The lowest BCUT2D eigenvalue weighted by atomic mass is 9.94. The van der Waals surface area contributed by atoms with Crippen LogP contribution in [0.3, 0.4) is 0 Å². The molecule has 4 aromatic rings. The minimum atomic E-state index is -4.54. The van der Waals surface area contributed by atoms with E-state index >= 15 is 0 Å². The highest BCUT2D eigenvalue weighted by Crippen LogP contribution is 2.44. The largest absolute Gasteiger partial charge is 0.508 e. The van der Waals surface area contributed by atoms with Crippen molar-refractivity contribution in [1.29, 1.82) is 0 Å². The number of alkyl halides is 3. The van der Waals surface area contributed by atoms with Crippen molar-refractivity contribution >= 4 is 28.4 Å². The summed E-state index contributed by atoms with van der Waals surface area (Å²) < 4.78 is 49.8. The van der Waals surface area contributed by atoms with Crippen molar-refractivity contribution in [2.75, 3.05) is 11.0 Å². The van der Waals surface area contributed by atoms with Crippen molar-refractivity contribution in [3.05, 3.63) is 83.9 Å². The number of aromatic hydroxyl groups is 1. The molecular weight excluding hydrogens is 435 g/mol. The third-order valence-corrected chi connectivity index (χ3v) is 5.49. The molecule has 0 fully saturated rings. The normalized spacial score (nSPS) is 11.5. The number of phenols is 1. The SMILES string of the molecule is CSNc1ccc(Oc2c(-c3ccccc3)c(C)cc3cc(O)ccc23)cc1C(F)(F)F. The van der Waals surface area contributed by atoms with Crippen LogP contribution in [0.2, 0.25) is 0 Å². The molecule has 4 aromatic carbocycles. The second-order valence-corrected chi connectivity index (χ2v) is 7.89. The van der Waals surface area contributed by atoms with E-state index in [0.29, 0.717) is 11.1 Å². The first-order chi connectivity index (χ1) is 15.3. The van der Waals surface area contributed by atoms with Gasteiger partial charge in [0, 0.05) is 17.2 Å². The Labute approximate surface area is 188 Å². The number of hydrogen-bond acceptors (Lipinski definition) is 4. The Bertz CT molecular complexity index is 1270. The van der Waals surface area contributed by atoms with E-state index in [4.69, 9.17) is 4.74 Å². The zero-order valence-electron chi connectivity index (χ0n) is 17.3. The predicted octanol–water partition coefficient (Wildman–Crippen LogP) is 8.02. The minimum absolute atomic E-state index is 0.0281. The number of nitrogens with one attached hydrogen (secondary N) is 1. The molecule has 0 amide bonds. The van der Waals surface area contributed by atoms with E-state index < -0.39 is 11.7 Å². The van der Waals surface area contributed by atoms with Crippen LogP contribution in [0.5, 0.6) is 17.2 Å². The molecule has 0 aliphatic heterocycles. The van der Waals surface area contributed by atoms with Gasteiger partial charge < -0.3 is 14.6 Å². The van der Waals surface area contributed by atoms with Gasteiger partial charge in [0.15, 0.2) is 0 Å². The summed E-state index contributed by atoms with van der Waals surface area (Å²) >= 11 is 1.09. The Hall–Kier alpha value is -3.32. The number of aryl methyl sites for hydroxylation is 1. The Morgan fingerprint density at radius 2 is 1.69 bits per heavy atom. The van der Waals surface area contributed by atoms with Crippen LogP contribution in [0.1, 0.15) is 11.1 Å². The minimum Gasteiger partial charge on any atom is -0.508 e. The predicted molar refractivity (Wildman–Crippen MR) is 124 cm³/mol. The van der Waals surface area contributed by atoms with Crippen LogP contribution < -0.4 is 9.46 Å². The van der Waals surface area contributed by atoms with Gasteiger partial charge >= 0.3 is 6.18 Å². The summed E-state index contributed by atoms with van der Waals surface area (Å²) in [5.74, 6) is 0.605. The number of fused-ring (bicyclic) bond motifs is 1. The molecule has 4 rings (SSSR count). The molecule has 0 bridgehead atoms. The Morgan fingerprint density at radius 1 is 0.938 bits per heavy atom. The third-order valence-electron chi connectivity index (χ3n) is 5.06. The first-order valence-corrected chi connectivity index (χ1v) is 11.0. The molecular formula is C25H20F3NO2S. The number of hydrogen-bond donors (Lipinski definition) is 2. The van der Waals surface area contributed by atoms with Gasteiger partial charge in [-0.05, 0) is 59.8 Å². The number of phenolic OH excluding ortho intramolecular Hbond substituents is 1. The molecule has 2 N–H and O–H groups in total. The molecule has 0 aliphatic rings. The van der Waals surface area contributed by atoms with Gasteiger partial charge in [-0.25, -0.2) is 0 Å². The summed E-state index contributed by atoms with van der Waals surface area (Å²) in [6.07, 6.45) is -2.88. The summed E-state index contributed by atoms with van der Waals surface area (Å²) in [4.78, 5) is 0. The topological polar surface area (TPSA) is 41.5 Å². The molecule has 0 aromatic heterocycles. The average molecular weight is 456 g/mol. The molecule has 164 valence electrons. The maximum Gasteiger partial charge on any atom is 0.418 e. The Kier molecular flexibility index (Phi) is 5.93. The highest BCUT2D eigenvalue weighted by atomic mass is 32.2. The number of anilines is 1. The second-order valence-electron chi connectivity index (χ2n) is 7.28. The molecule has 7 heteroatoms. The van der Waals surface area contributed by atoms with Gasteiger partial charge in [-0.2, -0.15) is 13.2 Å². The number of rotatable bonds is 5. The van der Waals surface area contributed by atoms with Gasteiger partial charge in [-0.3, -0.25) is 0 Å². The molecule has 0 spiro atoms. The average Bonchev–Trinajstić information content (AvgIpc) is 2.74. The summed E-state index contributed by atoms with van der Waals surface area (Å²) in [5, 5.41) is 11.3. The van der Waals surface area contributed by atoms with Crippen molar-refractivity contribution in [3.8, 4) is 28.4 Å². The van der Waals surface area contributed by atoms with Gasteiger partial charge in [-0.15, -0.1) is 0 Å². The number of benzene rings is 4. The van der Waals surface area contributed by atoms with Crippen molar-refractivity contribution in [2.24, 2.45) is 0 Å². The van der Waals surface area contributed by atoms with E-state index in [2.05, 4.69) is 4.72 Å². The van der Waals surface area contributed by atoms with Crippen LogP contribution in [0, 0.1) is 6.92 Å². The van der Waals surface area contributed by atoms with Crippen LogP contribution in [0.15, 0.2) is 72.8 Å². The maximum absolute atomic E-state index is 13.7. The van der Waals surface area contributed by atoms with E-state index in [0.717, 1.165) is 40.1 Å². The smallest absolute Gasteiger partial charge is 0.418 e. The van der Waals surface area contributed by atoms with Crippen LogP contribution in [0.25, 0.3) is 21.9 Å². The lowest BCUT2D eigenvalue weighted by Crippen LogP contribution is -2.08. The van der Waals surface area contributed by atoms with Crippen LogP contribution in [-0.2, 0) is 6.18 Å². The standard InChI is InChI=1S/C25H20F3NO2S/c1-15-12-17-13-18(30)8-10-20(17)24(23(15)16-6-4-3-5-7-16)31-19-9-11-22(29-32-2)21(14-19)25(26,27)28/h3-14,29-30H,1-2H3. The highest BCUT2D eigenvalue weighted by Gasteiger charge is 2.34. The van der Waals surface area contributed by atoms with E-state index in [1.807, 2.05) is 43.3 Å². The molecule has 0 heterocycles. The Morgan fingerprint density at radius 3 is 2.38 bits per heavy atom. The van der Waals surface area contributed by atoms with Crippen molar-refractivity contribution < 1.29 is 23.0 Å². The van der Waals surface area contributed by atoms with E-state index in [9.17, 15) is 18.3 Å². The van der Waals surface area contributed by atoms with E-state index in [-0.39, 0.29) is 17.2 Å². The lowest BCUT2D eigenvalue weighted by molar-refractivity contribution is -0.137. The van der Waals surface area contributed by atoms with E-state index in [1.165, 1.54) is 18.2 Å². The zero-order valence-corrected chi connectivity index (χ0v) is 18.1. The first-order valence-electron chi connectivity index (χ1n) is 9.78. The molecule has 0 atom stereocenters. The summed E-state index contributed by atoms with van der Waals surface area (Å²) in [5.41, 5.74) is 1.70. The maximum atomic E-state index is 13.7. The fourth-order valence-corrected chi connectivity index (χ4v) is 4.10. The summed E-state index contributed by atoms with van der Waals surface area (Å²) in [6, 6.07) is 20.2. The zero-order chi connectivity index (χ0) is 22.9. The number of halogens is 3.